The van der Waals surface area contributed by atoms with Crippen LogP contribution in [0.1, 0.15) is 17.5 Å². The number of carbonyl (C=O) groups excluding carboxylic acids is 1. The molecule has 0 saturated carbocycles. The van der Waals surface area contributed by atoms with Gasteiger partial charge in [0.05, 0.1) is 7.11 Å². The molecule has 0 amide bonds. The van der Waals surface area contributed by atoms with Crippen LogP contribution < -0.4 is 5.32 Å². The summed E-state index contributed by atoms with van der Waals surface area (Å²) in [6, 6.07) is 1.73. The lowest BCUT2D eigenvalue weighted by atomic mass is 10.2. The number of rotatable bonds is 6. The summed E-state index contributed by atoms with van der Waals surface area (Å²) in [4.78, 5) is 19.1. The minimum Gasteiger partial charge on any atom is -0.463 e. The molecule has 0 bridgehead atoms. The Morgan fingerprint density at radius 2 is 2.41 bits per heavy atom. The summed E-state index contributed by atoms with van der Waals surface area (Å²) >= 11 is 1.81. The minimum atomic E-state index is -0.522. The smallest absolute Gasteiger partial charge is 0.376 e. The fraction of sp³-hybridized carbons (Fsp3) is 0.545. The van der Waals surface area contributed by atoms with E-state index in [9.17, 15) is 4.79 Å². The first-order chi connectivity index (χ1) is 8.17. The summed E-state index contributed by atoms with van der Waals surface area (Å²) in [6.07, 6.45) is 3.62. The Morgan fingerprint density at radius 1 is 1.65 bits per heavy atom. The zero-order valence-electron chi connectivity index (χ0n) is 10.3. The number of thioether (sulfide) groups is 1. The highest BCUT2D eigenvalue weighted by Gasteiger charge is 2.09. The van der Waals surface area contributed by atoms with E-state index < -0.39 is 5.97 Å². The summed E-state index contributed by atoms with van der Waals surface area (Å²) in [5.74, 6) is 1.83. The van der Waals surface area contributed by atoms with Crippen LogP contribution >= 0.6 is 11.8 Å². The lowest BCUT2D eigenvalue weighted by molar-refractivity contribution is 0.0587. The van der Waals surface area contributed by atoms with Crippen molar-refractivity contribution in [2.45, 2.75) is 6.92 Å². The zero-order valence-corrected chi connectivity index (χ0v) is 11.1. The van der Waals surface area contributed by atoms with Crippen LogP contribution in [0.5, 0.6) is 0 Å². The first-order valence-corrected chi connectivity index (χ1v) is 6.71. The average Bonchev–Trinajstić information content (AvgIpc) is 2.36. The number of aromatic nitrogens is 2. The Morgan fingerprint density at radius 3 is 3.06 bits per heavy atom. The molecule has 1 N–H and O–H groups in total. The van der Waals surface area contributed by atoms with Crippen LogP contribution in [0.2, 0.25) is 0 Å². The molecule has 0 aliphatic heterocycles. The van der Waals surface area contributed by atoms with Crippen molar-refractivity contribution < 1.29 is 9.53 Å². The quantitative estimate of drug-likeness (QED) is 0.780. The maximum Gasteiger partial charge on any atom is 0.376 e. The van der Waals surface area contributed by atoms with Gasteiger partial charge in [-0.3, -0.25) is 0 Å². The van der Waals surface area contributed by atoms with Gasteiger partial charge in [0, 0.05) is 12.7 Å². The Balaban J connectivity index is 2.57. The van der Waals surface area contributed by atoms with Crippen LogP contribution in [0.3, 0.4) is 0 Å². The van der Waals surface area contributed by atoms with Gasteiger partial charge >= 0.3 is 5.97 Å². The van der Waals surface area contributed by atoms with E-state index in [0.29, 0.717) is 11.7 Å². The number of hydrogen-bond donors (Lipinski definition) is 1. The Bertz CT molecular complexity index is 373. The second kappa shape index (κ2) is 7.11. The second-order valence-corrected chi connectivity index (χ2v) is 4.61. The van der Waals surface area contributed by atoms with Gasteiger partial charge in [-0.15, -0.1) is 0 Å². The fourth-order valence-corrected chi connectivity index (χ4v) is 1.96. The molecular formula is C11H17N3O2S. The van der Waals surface area contributed by atoms with Crippen molar-refractivity contribution in [1.29, 1.82) is 0 Å². The van der Waals surface area contributed by atoms with Crippen LogP contribution in [0.15, 0.2) is 12.3 Å². The number of methoxy groups -OCH3 is 1. The van der Waals surface area contributed by atoms with Crippen LogP contribution in [-0.4, -0.2) is 41.6 Å². The first-order valence-electron chi connectivity index (χ1n) is 5.31. The van der Waals surface area contributed by atoms with Crippen molar-refractivity contribution in [3.8, 4) is 0 Å². The number of nitrogens with one attached hydrogen (secondary N) is 1. The summed E-state index contributed by atoms with van der Waals surface area (Å²) in [5.41, 5.74) is 0. The van der Waals surface area contributed by atoms with Crippen molar-refractivity contribution in [3.05, 3.63) is 18.1 Å². The number of anilines is 1. The van der Waals surface area contributed by atoms with E-state index in [1.807, 2.05) is 11.8 Å². The normalized spacial score (nSPS) is 11.9. The van der Waals surface area contributed by atoms with Crippen LogP contribution in [0.4, 0.5) is 5.82 Å². The maximum absolute atomic E-state index is 11.2. The topological polar surface area (TPSA) is 64.1 Å². The molecular weight excluding hydrogens is 238 g/mol. The Kier molecular flexibility index (Phi) is 5.76. The standard InChI is InChI=1S/C11H17N3O2S/c1-8(7-17-3)6-13-9-4-5-12-10(14-9)11(15)16-2/h4-5,8H,6-7H2,1-3H3,(H,12,13,14). The molecule has 1 atom stereocenters. The molecule has 1 unspecified atom stereocenters. The number of hydrogen-bond acceptors (Lipinski definition) is 6. The fourth-order valence-electron chi connectivity index (χ4n) is 1.27. The van der Waals surface area contributed by atoms with E-state index in [4.69, 9.17) is 0 Å². The van der Waals surface area contributed by atoms with E-state index in [0.717, 1.165) is 12.3 Å². The van der Waals surface area contributed by atoms with Crippen molar-refractivity contribution in [3.63, 3.8) is 0 Å². The molecule has 0 spiro atoms. The van der Waals surface area contributed by atoms with Gasteiger partial charge in [-0.05, 0) is 24.0 Å². The molecule has 0 aromatic carbocycles. The molecule has 1 aromatic heterocycles. The molecule has 0 fully saturated rings. The monoisotopic (exact) mass is 255 g/mol. The van der Waals surface area contributed by atoms with Crippen molar-refractivity contribution >= 4 is 23.5 Å². The Hall–Kier alpha value is -1.30. The van der Waals surface area contributed by atoms with Gasteiger partial charge in [-0.25, -0.2) is 14.8 Å². The molecule has 1 aromatic rings. The third kappa shape index (κ3) is 4.60. The minimum absolute atomic E-state index is 0.0787. The molecule has 6 heteroatoms. The molecule has 94 valence electrons. The van der Waals surface area contributed by atoms with Gasteiger partial charge in [-0.1, -0.05) is 6.92 Å². The summed E-state index contributed by atoms with van der Waals surface area (Å²) in [7, 11) is 1.31. The molecule has 0 radical (unpaired) electrons. The highest BCUT2D eigenvalue weighted by atomic mass is 32.2. The average molecular weight is 255 g/mol. The van der Waals surface area contributed by atoms with E-state index in [1.54, 1.807) is 12.3 Å². The zero-order chi connectivity index (χ0) is 12.7. The SMILES string of the molecule is COC(=O)c1nccc(NCC(C)CSC)n1. The van der Waals surface area contributed by atoms with Gasteiger partial charge in [0.2, 0.25) is 5.82 Å². The lowest BCUT2D eigenvalue weighted by Crippen LogP contribution is -2.15. The predicted molar refractivity (Wildman–Crippen MR) is 69.4 cm³/mol. The number of nitrogens with zero attached hydrogens (tertiary/aromatic N) is 2. The Labute approximate surface area is 105 Å². The van der Waals surface area contributed by atoms with Crippen molar-refractivity contribution in [2.75, 3.05) is 31.0 Å². The number of esters is 1. The molecule has 1 rings (SSSR count). The van der Waals surface area contributed by atoms with E-state index in [2.05, 4.69) is 33.2 Å². The molecule has 0 saturated heterocycles. The second-order valence-electron chi connectivity index (χ2n) is 3.70. The predicted octanol–water partition coefficient (Wildman–Crippen LogP) is 1.67. The van der Waals surface area contributed by atoms with Crippen LogP contribution in [0.25, 0.3) is 0 Å². The van der Waals surface area contributed by atoms with Gasteiger partial charge in [0.1, 0.15) is 5.82 Å². The summed E-state index contributed by atoms with van der Waals surface area (Å²) < 4.78 is 4.56. The van der Waals surface area contributed by atoms with E-state index in [1.165, 1.54) is 7.11 Å². The van der Waals surface area contributed by atoms with Crippen LogP contribution in [0, 0.1) is 5.92 Å². The van der Waals surface area contributed by atoms with Crippen molar-refractivity contribution in [2.24, 2.45) is 5.92 Å². The van der Waals surface area contributed by atoms with Gasteiger partial charge in [-0.2, -0.15) is 11.8 Å². The van der Waals surface area contributed by atoms with E-state index in [-0.39, 0.29) is 5.82 Å². The maximum atomic E-state index is 11.2. The molecule has 17 heavy (non-hydrogen) atoms. The summed E-state index contributed by atoms with van der Waals surface area (Å²) in [6.45, 7) is 2.98. The third-order valence-electron chi connectivity index (χ3n) is 2.11. The molecule has 0 aliphatic rings. The number of carbonyl (C=O) groups is 1. The van der Waals surface area contributed by atoms with Gasteiger partial charge in [0.25, 0.3) is 0 Å². The highest BCUT2D eigenvalue weighted by molar-refractivity contribution is 7.98. The lowest BCUT2D eigenvalue weighted by Gasteiger charge is -2.11. The molecule has 0 aliphatic carbocycles. The first kappa shape index (κ1) is 13.8. The summed E-state index contributed by atoms with van der Waals surface area (Å²) in [5, 5.41) is 3.18. The van der Waals surface area contributed by atoms with Crippen LogP contribution in [-0.2, 0) is 4.74 Å². The van der Waals surface area contributed by atoms with Crippen molar-refractivity contribution in [1.82, 2.24) is 9.97 Å². The van der Waals surface area contributed by atoms with Gasteiger partial charge < -0.3 is 10.1 Å². The van der Waals surface area contributed by atoms with Gasteiger partial charge in [0.15, 0.2) is 0 Å². The highest BCUT2D eigenvalue weighted by Crippen LogP contribution is 2.07. The van der Waals surface area contributed by atoms with E-state index >= 15 is 0 Å². The third-order valence-corrected chi connectivity index (χ3v) is 3.01. The molecule has 5 nitrogen and oxygen atoms in total. The molecule has 1 heterocycles. The number of ether oxygens (including phenoxy) is 1. The largest absolute Gasteiger partial charge is 0.463 e.